The van der Waals surface area contributed by atoms with Gasteiger partial charge in [0.25, 0.3) is 0 Å². The highest BCUT2D eigenvalue weighted by Gasteiger charge is 2.35. The van der Waals surface area contributed by atoms with Gasteiger partial charge in [-0.1, -0.05) is 52.0 Å². The van der Waals surface area contributed by atoms with Crippen molar-refractivity contribution in [2.45, 2.75) is 78.1 Å². The van der Waals surface area contributed by atoms with Crippen LogP contribution < -0.4 is 0 Å². The number of aliphatic carboxylic acids is 1. The van der Waals surface area contributed by atoms with Gasteiger partial charge in [0.15, 0.2) is 0 Å². The molecule has 1 aliphatic heterocycles. The van der Waals surface area contributed by atoms with Crippen LogP contribution in [0, 0.1) is 17.8 Å². The van der Waals surface area contributed by atoms with E-state index in [1.54, 1.807) is 12.1 Å². The van der Waals surface area contributed by atoms with Gasteiger partial charge in [-0.05, 0) is 67.7 Å². The average molecular weight is 440 g/mol. The van der Waals surface area contributed by atoms with Crippen molar-refractivity contribution in [2.24, 2.45) is 17.8 Å². The lowest BCUT2D eigenvalue weighted by Crippen LogP contribution is -2.43. The van der Waals surface area contributed by atoms with Crippen LogP contribution in [0.25, 0.3) is 0 Å². The molecule has 1 aliphatic rings. The van der Waals surface area contributed by atoms with E-state index in [2.05, 4.69) is 44.7 Å². The minimum absolute atomic E-state index is 0.0286. The summed E-state index contributed by atoms with van der Waals surface area (Å²) in [5, 5.41) is 9.26. The van der Waals surface area contributed by atoms with E-state index in [-0.39, 0.29) is 24.4 Å². The van der Waals surface area contributed by atoms with E-state index in [0.29, 0.717) is 18.3 Å². The molecule has 0 saturated carbocycles. The number of nitrogens with zero attached hydrogens (tertiary/aromatic N) is 1. The summed E-state index contributed by atoms with van der Waals surface area (Å²) in [5.41, 5.74) is 0.173. The highest BCUT2D eigenvalue weighted by atomic mass is 19.4. The number of benzene rings is 1. The molecule has 6 heteroatoms. The molecule has 0 aromatic heterocycles. The van der Waals surface area contributed by atoms with E-state index in [0.717, 1.165) is 43.5 Å². The van der Waals surface area contributed by atoms with Gasteiger partial charge < -0.3 is 5.11 Å². The van der Waals surface area contributed by atoms with E-state index < -0.39 is 17.7 Å². The number of halogens is 3. The second-order valence-electron chi connectivity index (χ2n) is 9.53. The van der Waals surface area contributed by atoms with Crippen molar-refractivity contribution < 1.29 is 23.1 Å². The number of likely N-dealkylation sites (tertiary alicyclic amines) is 1. The van der Waals surface area contributed by atoms with E-state index in [1.807, 2.05) is 0 Å². The molecule has 0 spiro atoms. The largest absolute Gasteiger partial charge is 0.481 e. The molecule has 0 bridgehead atoms. The quantitative estimate of drug-likeness (QED) is 0.423. The first kappa shape index (κ1) is 25.4. The monoisotopic (exact) mass is 439 g/mol. The number of alkyl halides is 3. The normalized spacial score (nSPS) is 21.8. The third-order valence-corrected chi connectivity index (χ3v) is 6.02. The molecule has 1 fully saturated rings. The number of carbonyl (C=O) groups is 1. The molecule has 1 heterocycles. The maximum Gasteiger partial charge on any atom is 0.416 e. The summed E-state index contributed by atoms with van der Waals surface area (Å²) < 4.78 is 39.1. The molecule has 0 radical (unpaired) electrons. The Hall–Kier alpha value is -1.82. The van der Waals surface area contributed by atoms with Gasteiger partial charge in [-0.25, -0.2) is 0 Å². The molecular weight excluding hydrogens is 403 g/mol. The number of hydrogen-bond donors (Lipinski definition) is 1. The summed E-state index contributed by atoms with van der Waals surface area (Å²) in [7, 11) is 0. The van der Waals surface area contributed by atoms with Crippen molar-refractivity contribution >= 4 is 5.97 Å². The molecule has 174 valence electrons. The average Bonchev–Trinajstić information content (AvgIpc) is 2.67. The van der Waals surface area contributed by atoms with Crippen LogP contribution in [-0.2, 0) is 11.0 Å². The van der Waals surface area contributed by atoms with Crippen molar-refractivity contribution in [3.63, 3.8) is 0 Å². The Morgan fingerprint density at radius 3 is 2.29 bits per heavy atom. The minimum atomic E-state index is -4.36. The maximum atomic E-state index is 13.0. The minimum Gasteiger partial charge on any atom is -0.481 e. The van der Waals surface area contributed by atoms with E-state index in [4.69, 9.17) is 0 Å². The summed E-state index contributed by atoms with van der Waals surface area (Å²) >= 11 is 0. The summed E-state index contributed by atoms with van der Waals surface area (Å²) in [4.78, 5) is 13.7. The standard InChI is InChI=1S/C25H36F3NO2/c1-17(2)5-11-22(12-6-18(3)4)29-14-13-19(16-24(30)31)15-23(29)20-7-9-21(10-8-20)25(26,27)28/h5,7-11,17-19,22-23H,6,12-16H2,1-4H3,(H,30,31)/b11-5-/t19-,22-,23+/m1/s1. The first-order chi connectivity index (χ1) is 14.5. The molecule has 0 aliphatic carbocycles. The zero-order chi connectivity index (χ0) is 23.2. The van der Waals surface area contributed by atoms with E-state index in [1.165, 1.54) is 0 Å². The van der Waals surface area contributed by atoms with Gasteiger partial charge in [0.1, 0.15) is 0 Å². The Balaban J connectivity index is 2.35. The summed E-state index contributed by atoms with van der Waals surface area (Å²) in [6.45, 7) is 9.38. The first-order valence-corrected chi connectivity index (χ1v) is 11.3. The fraction of sp³-hybridized carbons (Fsp3) is 0.640. The smallest absolute Gasteiger partial charge is 0.416 e. The molecule has 31 heavy (non-hydrogen) atoms. The van der Waals surface area contributed by atoms with Crippen LogP contribution in [0.2, 0.25) is 0 Å². The maximum absolute atomic E-state index is 13.0. The van der Waals surface area contributed by atoms with Gasteiger partial charge in [-0.15, -0.1) is 0 Å². The van der Waals surface area contributed by atoms with Crippen LogP contribution in [0.4, 0.5) is 13.2 Å². The number of piperidine rings is 1. The summed E-state index contributed by atoms with van der Waals surface area (Å²) in [6, 6.07) is 5.50. The van der Waals surface area contributed by atoms with Crippen molar-refractivity contribution in [3.8, 4) is 0 Å². The molecule has 1 aromatic rings. The van der Waals surface area contributed by atoms with Crippen LogP contribution >= 0.6 is 0 Å². The molecular formula is C25H36F3NO2. The molecule has 1 N–H and O–H groups in total. The Bertz CT molecular complexity index is 725. The Morgan fingerprint density at radius 2 is 1.77 bits per heavy atom. The number of allylic oxidation sites excluding steroid dienone is 1. The lowest BCUT2D eigenvalue weighted by atomic mass is 9.83. The number of hydrogen-bond acceptors (Lipinski definition) is 2. The summed E-state index contributed by atoms with van der Waals surface area (Å²) in [6.07, 6.45) is 3.63. The van der Waals surface area contributed by atoms with Gasteiger partial charge in [0.05, 0.1) is 5.56 Å². The van der Waals surface area contributed by atoms with Gasteiger partial charge in [-0.2, -0.15) is 13.2 Å². The molecule has 1 aromatic carbocycles. The van der Waals surface area contributed by atoms with Crippen molar-refractivity contribution in [1.29, 1.82) is 0 Å². The Labute approximate surface area is 184 Å². The predicted molar refractivity (Wildman–Crippen MR) is 118 cm³/mol. The van der Waals surface area contributed by atoms with Crippen LogP contribution in [0.1, 0.15) is 77.0 Å². The van der Waals surface area contributed by atoms with Crippen LogP contribution in [0.15, 0.2) is 36.4 Å². The SMILES string of the molecule is CC(C)/C=C\[C@H](CCC(C)C)N1CC[C@@H](CC(=O)O)C[C@H]1c1ccc(C(F)(F)F)cc1. The van der Waals surface area contributed by atoms with Crippen molar-refractivity contribution in [1.82, 2.24) is 4.90 Å². The molecule has 0 unspecified atom stereocenters. The molecule has 3 atom stereocenters. The lowest BCUT2D eigenvalue weighted by Gasteiger charge is -2.43. The van der Waals surface area contributed by atoms with Gasteiger partial charge in [0.2, 0.25) is 0 Å². The van der Waals surface area contributed by atoms with Gasteiger partial charge >= 0.3 is 12.1 Å². The van der Waals surface area contributed by atoms with Crippen molar-refractivity contribution in [2.75, 3.05) is 6.54 Å². The van der Waals surface area contributed by atoms with E-state index >= 15 is 0 Å². The molecule has 3 nitrogen and oxygen atoms in total. The molecule has 1 saturated heterocycles. The topological polar surface area (TPSA) is 40.5 Å². The third-order valence-electron chi connectivity index (χ3n) is 6.02. The third kappa shape index (κ3) is 7.99. The predicted octanol–water partition coefficient (Wildman–Crippen LogP) is 6.95. The molecule has 0 amide bonds. The highest BCUT2D eigenvalue weighted by Crippen LogP contribution is 2.39. The number of carboxylic acid groups (broad SMARTS) is 1. The van der Waals surface area contributed by atoms with Crippen LogP contribution in [0.5, 0.6) is 0 Å². The van der Waals surface area contributed by atoms with E-state index in [9.17, 15) is 23.1 Å². The van der Waals surface area contributed by atoms with Crippen LogP contribution in [0.3, 0.4) is 0 Å². The first-order valence-electron chi connectivity index (χ1n) is 11.3. The summed E-state index contributed by atoms with van der Waals surface area (Å²) in [5.74, 6) is 0.182. The zero-order valence-electron chi connectivity index (χ0n) is 19.0. The second-order valence-corrected chi connectivity index (χ2v) is 9.53. The fourth-order valence-corrected chi connectivity index (χ4v) is 4.33. The number of carboxylic acids is 1. The number of rotatable bonds is 9. The van der Waals surface area contributed by atoms with Crippen molar-refractivity contribution in [3.05, 3.63) is 47.5 Å². The molecule has 2 rings (SSSR count). The second kappa shape index (κ2) is 11.2. The highest BCUT2D eigenvalue weighted by molar-refractivity contribution is 5.67. The lowest BCUT2D eigenvalue weighted by molar-refractivity contribution is -0.139. The van der Waals surface area contributed by atoms with Crippen LogP contribution in [-0.4, -0.2) is 28.6 Å². The Kier molecular flexibility index (Phi) is 9.16. The zero-order valence-corrected chi connectivity index (χ0v) is 19.0. The Morgan fingerprint density at radius 1 is 1.13 bits per heavy atom. The fourth-order valence-electron chi connectivity index (χ4n) is 4.33. The van der Waals surface area contributed by atoms with Gasteiger partial charge in [0, 0.05) is 18.5 Å². The van der Waals surface area contributed by atoms with Gasteiger partial charge in [-0.3, -0.25) is 9.69 Å².